The highest BCUT2D eigenvalue weighted by Crippen LogP contribution is 2.24. The molecule has 0 aliphatic carbocycles. The van der Waals surface area contributed by atoms with Crippen molar-refractivity contribution in [3.63, 3.8) is 0 Å². The summed E-state index contributed by atoms with van der Waals surface area (Å²) in [4.78, 5) is 27.7. The molecule has 0 aliphatic rings. The van der Waals surface area contributed by atoms with Gasteiger partial charge in [-0.1, -0.05) is 31.5 Å². The normalized spacial score (nSPS) is 11.6. The van der Waals surface area contributed by atoms with E-state index in [2.05, 4.69) is 24.2 Å². The summed E-state index contributed by atoms with van der Waals surface area (Å²) in [6.45, 7) is 4.59. The van der Waals surface area contributed by atoms with Crippen LogP contribution in [-0.2, 0) is 14.1 Å². The number of aromatic nitrogens is 2. The largest absolute Gasteiger partial charge is 0.349 e. The molecule has 0 atom stereocenters. The second kappa shape index (κ2) is 7.96. The van der Waals surface area contributed by atoms with E-state index >= 15 is 0 Å². The Morgan fingerprint density at radius 2 is 1.85 bits per heavy atom. The summed E-state index contributed by atoms with van der Waals surface area (Å²) in [5.41, 5.74) is 2.09. The van der Waals surface area contributed by atoms with E-state index in [1.165, 1.54) is 0 Å². The number of benzene rings is 1. The minimum Gasteiger partial charge on any atom is -0.349 e. The van der Waals surface area contributed by atoms with Gasteiger partial charge in [0.1, 0.15) is 5.69 Å². The first-order chi connectivity index (χ1) is 13.0. The fourth-order valence-electron chi connectivity index (χ4n) is 3.56. The third-order valence-electron chi connectivity index (χ3n) is 5.19. The van der Waals surface area contributed by atoms with E-state index in [0.717, 1.165) is 42.4 Å². The third kappa shape index (κ3) is 3.62. The van der Waals surface area contributed by atoms with Crippen molar-refractivity contribution in [3.8, 4) is 0 Å². The molecule has 1 N–H and O–H groups in total. The average Bonchev–Trinajstić information content (AvgIpc) is 3.02. The van der Waals surface area contributed by atoms with Gasteiger partial charge < -0.3 is 19.4 Å². The number of para-hydroxylation sites is 1. The van der Waals surface area contributed by atoms with Gasteiger partial charge in [-0.3, -0.25) is 9.59 Å². The molecular formula is C21H28N4O2. The van der Waals surface area contributed by atoms with Gasteiger partial charge in [0.25, 0.3) is 11.5 Å². The quantitative estimate of drug-likeness (QED) is 0.697. The zero-order valence-electron chi connectivity index (χ0n) is 16.6. The Kier molecular flexibility index (Phi) is 5.65. The topological polar surface area (TPSA) is 59.3 Å². The van der Waals surface area contributed by atoms with Crippen molar-refractivity contribution >= 4 is 27.7 Å². The van der Waals surface area contributed by atoms with Crippen LogP contribution in [-0.4, -0.2) is 46.6 Å². The van der Waals surface area contributed by atoms with Crippen molar-refractivity contribution < 1.29 is 4.79 Å². The Labute approximate surface area is 159 Å². The number of unbranched alkanes of at least 4 members (excludes halogenated alkanes) is 1. The monoisotopic (exact) mass is 368 g/mol. The van der Waals surface area contributed by atoms with Crippen LogP contribution in [0.5, 0.6) is 0 Å². The predicted molar refractivity (Wildman–Crippen MR) is 110 cm³/mol. The first kappa shape index (κ1) is 19.2. The number of hydrogen-bond acceptors (Lipinski definition) is 3. The molecule has 0 aliphatic heterocycles. The molecule has 2 aromatic heterocycles. The lowest BCUT2D eigenvalue weighted by atomic mass is 10.1. The SMILES string of the molecule is CCCCN(C)CCNC(=O)c1cc2c(=O)n(C)c3ccccc3c2n1C. The lowest BCUT2D eigenvalue weighted by Crippen LogP contribution is -2.34. The highest BCUT2D eigenvalue weighted by atomic mass is 16.2. The molecule has 144 valence electrons. The molecule has 0 radical (unpaired) electrons. The van der Waals surface area contributed by atoms with Gasteiger partial charge in [-0.25, -0.2) is 0 Å². The molecule has 0 unspecified atom stereocenters. The number of rotatable bonds is 7. The Bertz CT molecular complexity index is 1030. The number of nitrogens with zero attached hydrogens (tertiary/aromatic N) is 3. The summed E-state index contributed by atoms with van der Waals surface area (Å²) >= 11 is 0. The van der Waals surface area contributed by atoms with Crippen LogP contribution in [0, 0.1) is 0 Å². The lowest BCUT2D eigenvalue weighted by molar-refractivity contribution is 0.0942. The summed E-state index contributed by atoms with van der Waals surface area (Å²) in [5, 5.41) is 4.52. The first-order valence-electron chi connectivity index (χ1n) is 9.49. The maximum absolute atomic E-state index is 12.7. The molecule has 3 aromatic rings. The molecular weight excluding hydrogens is 340 g/mol. The number of hydrogen-bond donors (Lipinski definition) is 1. The van der Waals surface area contributed by atoms with Gasteiger partial charge in [0.15, 0.2) is 0 Å². The van der Waals surface area contributed by atoms with Crippen LogP contribution < -0.4 is 10.9 Å². The maximum atomic E-state index is 12.7. The van der Waals surface area contributed by atoms with E-state index in [9.17, 15) is 9.59 Å². The molecule has 0 saturated carbocycles. The van der Waals surface area contributed by atoms with Crippen LogP contribution in [0.3, 0.4) is 0 Å². The number of pyridine rings is 1. The van der Waals surface area contributed by atoms with E-state index < -0.39 is 0 Å². The van der Waals surface area contributed by atoms with Crippen LogP contribution in [0.15, 0.2) is 35.1 Å². The van der Waals surface area contributed by atoms with Crippen molar-refractivity contribution in [2.75, 3.05) is 26.7 Å². The minimum atomic E-state index is -0.149. The lowest BCUT2D eigenvalue weighted by Gasteiger charge is -2.16. The van der Waals surface area contributed by atoms with Crippen LogP contribution >= 0.6 is 0 Å². The summed E-state index contributed by atoms with van der Waals surface area (Å²) in [6, 6.07) is 9.49. The van der Waals surface area contributed by atoms with Gasteiger partial charge >= 0.3 is 0 Å². The number of nitrogens with one attached hydrogen (secondary N) is 1. The second-order valence-electron chi connectivity index (χ2n) is 7.14. The van der Waals surface area contributed by atoms with Gasteiger partial charge in [-0.15, -0.1) is 0 Å². The first-order valence-corrected chi connectivity index (χ1v) is 9.49. The fraction of sp³-hybridized carbons (Fsp3) is 0.429. The van der Waals surface area contributed by atoms with Crippen molar-refractivity contribution in [2.24, 2.45) is 14.1 Å². The molecule has 1 amide bonds. The van der Waals surface area contributed by atoms with Crippen molar-refractivity contribution in [1.82, 2.24) is 19.4 Å². The second-order valence-corrected chi connectivity index (χ2v) is 7.14. The Hall–Kier alpha value is -2.60. The average molecular weight is 368 g/mol. The number of fused-ring (bicyclic) bond motifs is 3. The summed E-state index contributed by atoms with van der Waals surface area (Å²) in [6.07, 6.45) is 2.32. The Balaban J connectivity index is 1.89. The van der Waals surface area contributed by atoms with Gasteiger partial charge in [0.2, 0.25) is 0 Å². The van der Waals surface area contributed by atoms with E-state index in [0.29, 0.717) is 17.6 Å². The van der Waals surface area contributed by atoms with Crippen LogP contribution in [0.1, 0.15) is 30.3 Å². The maximum Gasteiger partial charge on any atom is 0.267 e. The fourth-order valence-corrected chi connectivity index (χ4v) is 3.56. The standard InChI is InChI=1S/C21H28N4O2/c1-5-6-12-23(2)13-11-22-20(26)18-14-16-19(24(18)3)15-9-7-8-10-17(15)25(4)21(16)27/h7-10,14H,5-6,11-13H2,1-4H3,(H,22,26). The molecule has 0 fully saturated rings. The van der Waals surface area contributed by atoms with Crippen LogP contribution in [0.2, 0.25) is 0 Å². The molecule has 6 heteroatoms. The number of carbonyl (C=O) groups excluding carboxylic acids is 1. The molecule has 1 aromatic carbocycles. The van der Waals surface area contributed by atoms with E-state index in [1.807, 2.05) is 35.9 Å². The number of carbonyl (C=O) groups is 1. The van der Waals surface area contributed by atoms with Crippen molar-refractivity contribution in [2.45, 2.75) is 19.8 Å². The number of amides is 1. The minimum absolute atomic E-state index is 0.0855. The molecule has 3 rings (SSSR count). The molecule has 2 heterocycles. The van der Waals surface area contributed by atoms with Gasteiger partial charge in [0, 0.05) is 32.6 Å². The number of likely N-dealkylation sites (N-methyl/N-ethyl adjacent to an activating group) is 1. The number of aryl methyl sites for hydroxylation is 2. The van der Waals surface area contributed by atoms with Crippen LogP contribution in [0.25, 0.3) is 21.8 Å². The van der Waals surface area contributed by atoms with Crippen LogP contribution in [0.4, 0.5) is 0 Å². The zero-order valence-corrected chi connectivity index (χ0v) is 16.6. The zero-order chi connectivity index (χ0) is 19.6. The van der Waals surface area contributed by atoms with Gasteiger partial charge in [-0.05, 0) is 32.1 Å². The molecule has 0 saturated heterocycles. The van der Waals surface area contributed by atoms with E-state index in [-0.39, 0.29) is 11.5 Å². The molecule has 6 nitrogen and oxygen atoms in total. The molecule has 27 heavy (non-hydrogen) atoms. The highest BCUT2D eigenvalue weighted by Gasteiger charge is 2.18. The van der Waals surface area contributed by atoms with Crippen molar-refractivity contribution in [1.29, 1.82) is 0 Å². The van der Waals surface area contributed by atoms with E-state index in [1.54, 1.807) is 17.7 Å². The highest BCUT2D eigenvalue weighted by molar-refractivity contribution is 6.08. The Morgan fingerprint density at radius 1 is 1.11 bits per heavy atom. The smallest absolute Gasteiger partial charge is 0.267 e. The summed E-state index contributed by atoms with van der Waals surface area (Å²) in [5.74, 6) is -0.149. The van der Waals surface area contributed by atoms with Gasteiger partial charge in [-0.2, -0.15) is 0 Å². The third-order valence-corrected chi connectivity index (χ3v) is 5.19. The summed E-state index contributed by atoms with van der Waals surface area (Å²) < 4.78 is 3.47. The molecule has 0 bridgehead atoms. The Morgan fingerprint density at radius 3 is 2.59 bits per heavy atom. The van der Waals surface area contributed by atoms with Crippen molar-refractivity contribution in [3.05, 3.63) is 46.4 Å². The van der Waals surface area contributed by atoms with E-state index in [4.69, 9.17) is 0 Å². The van der Waals surface area contributed by atoms with Gasteiger partial charge in [0.05, 0.1) is 16.4 Å². The summed E-state index contributed by atoms with van der Waals surface area (Å²) in [7, 11) is 5.67. The predicted octanol–water partition coefficient (Wildman–Crippen LogP) is 2.49. The molecule has 0 spiro atoms.